The fourth-order valence-electron chi connectivity index (χ4n) is 2.66. The average molecular weight is 370 g/mol. The summed E-state index contributed by atoms with van der Waals surface area (Å²) in [6.45, 7) is 0. The molecule has 27 heavy (non-hydrogen) atoms. The first-order valence-electron chi connectivity index (χ1n) is 8.61. The molecule has 1 aliphatic carbocycles. The maximum Gasteiger partial charge on any atom is 0.305 e. The molecule has 1 unspecified atom stereocenters. The minimum absolute atomic E-state index is 0.0231. The molecule has 2 amide bonds. The first-order valence-corrected chi connectivity index (χ1v) is 8.61. The van der Waals surface area contributed by atoms with Gasteiger partial charge in [0.2, 0.25) is 5.91 Å². The highest BCUT2D eigenvalue weighted by atomic mass is 19.1. The number of amides is 2. The third-order valence-electron chi connectivity index (χ3n) is 4.32. The van der Waals surface area contributed by atoms with Crippen LogP contribution in [0.25, 0.3) is 0 Å². The Balaban J connectivity index is 1.68. The SMILES string of the molecule is O=C(O)CC(NC(=O)c1ccc(NC(=O)C2CC2)cc1)c1ccc(F)cc1. The van der Waals surface area contributed by atoms with Gasteiger partial charge in [-0.15, -0.1) is 0 Å². The van der Waals surface area contributed by atoms with Gasteiger partial charge in [0.1, 0.15) is 5.82 Å². The summed E-state index contributed by atoms with van der Waals surface area (Å²) >= 11 is 0. The Kier molecular flexibility index (Phi) is 5.49. The van der Waals surface area contributed by atoms with Crippen LogP contribution in [0.4, 0.5) is 10.1 Å². The minimum atomic E-state index is -1.08. The molecular weight excluding hydrogens is 351 g/mol. The number of anilines is 1. The zero-order valence-corrected chi connectivity index (χ0v) is 14.4. The summed E-state index contributed by atoms with van der Waals surface area (Å²) in [5.74, 6) is -1.91. The molecule has 0 heterocycles. The molecule has 2 aromatic carbocycles. The summed E-state index contributed by atoms with van der Waals surface area (Å²) in [6.07, 6.45) is 1.48. The number of carboxylic acid groups (broad SMARTS) is 1. The second-order valence-electron chi connectivity index (χ2n) is 6.52. The topological polar surface area (TPSA) is 95.5 Å². The average Bonchev–Trinajstić information content (AvgIpc) is 3.47. The predicted octanol–water partition coefficient (Wildman–Crippen LogP) is 3.12. The lowest BCUT2D eigenvalue weighted by molar-refractivity contribution is -0.137. The number of benzene rings is 2. The van der Waals surface area contributed by atoms with Crippen molar-refractivity contribution in [3.05, 3.63) is 65.5 Å². The van der Waals surface area contributed by atoms with Crippen LogP contribution in [0.5, 0.6) is 0 Å². The molecule has 0 spiro atoms. The van der Waals surface area contributed by atoms with Crippen molar-refractivity contribution in [3.63, 3.8) is 0 Å². The lowest BCUT2D eigenvalue weighted by Gasteiger charge is -2.17. The van der Waals surface area contributed by atoms with Crippen LogP contribution in [0.3, 0.4) is 0 Å². The van der Waals surface area contributed by atoms with Gasteiger partial charge in [-0.05, 0) is 54.8 Å². The molecule has 3 rings (SSSR count). The minimum Gasteiger partial charge on any atom is -0.481 e. The van der Waals surface area contributed by atoms with Gasteiger partial charge in [-0.2, -0.15) is 0 Å². The first-order chi connectivity index (χ1) is 12.9. The number of nitrogens with one attached hydrogen (secondary N) is 2. The molecule has 0 radical (unpaired) electrons. The van der Waals surface area contributed by atoms with E-state index in [1.807, 2.05) is 0 Å². The van der Waals surface area contributed by atoms with Crippen molar-refractivity contribution < 1.29 is 23.9 Å². The zero-order chi connectivity index (χ0) is 19.4. The van der Waals surface area contributed by atoms with E-state index in [1.165, 1.54) is 24.3 Å². The molecule has 1 fully saturated rings. The van der Waals surface area contributed by atoms with Gasteiger partial charge in [-0.25, -0.2) is 4.39 Å². The number of hydrogen-bond acceptors (Lipinski definition) is 3. The fraction of sp³-hybridized carbons (Fsp3) is 0.250. The standard InChI is InChI=1S/C20H19FN2O4/c21-15-7-3-12(4-8-15)17(11-18(24)25)23-20(27)14-5-9-16(10-6-14)22-19(26)13-1-2-13/h3-10,13,17H,1-2,11H2,(H,22,26)(H,23,27)(H,24,25). The van der Waals surface area contributed by atoms with Crippen molar-refractivity contribution in [2.75, 3.05) is 5.32 Å². The summed E-state index contributed by atoms with van der Waals surface area (Å²) in [6, 6.07) is 10.9. The fourth-order valence-corrected chi connectivity index (χ4v) is 2.66. The molecule has 3 N–H and O–H groups in total. The van der Waals surface area contributed by atoms with E-state index < -0.39 is 23.7 Å². The molecule has 6 nitrogen and oxygen atoms in total. The van der Waals surface area contributed by atoms with Gasteiger partial charge in [-0.1, -0.05) is 12.1 Å². The number of halogens is 1. The number of aliphatic carboxylic acids is 1. The molecule has 0 aromatic heterocycles. The van der Waals surface area contributed by atoms with Crippen molar-refractivity contribution >= 4 is 23.5 Å². The van der Waals surface area contributed by atoms with E-state index in [2.05, 4.69) is 10.6 Å². The lowest BCUT2D eigenvalue weighted by atomic mass is 10.0. The molecule has 0 aliphatic heterocycles. The first kappa shape index (κ1) is 18.6. The highest BCUT2D eigenvalue weighted by molar-refractivity contribution is 5.97. The van der Waals surface area contributed by atoms with Crippen LogP contribution in [-0.2, 0) is 9.59 Å². The lowest BCUT2D eigenvalue weighted by Crippen LogP contribution is -2.30. The van der Waals surface area contributed by atoms with Crippen LogP contribution in [0.15, 0.2) is 48.5 Å². The van der Waals surface area contributed by atoms with Crippen LogP contribution in [-0.4, -0.2) is 22.9 Å². The summed E-state index contributed by atoms with van der Waals surface area (Å²) in [5, 5.41) is 14.5. The number of carboxylic acids is 1. The van der Waals surface area contributed by atoms with Gasteiger partial charge in [0.25, 0.3) is 5.91 Å². The Morgan fingerprint density at radius 2 is 1.67 bits per heavy atom. The van der Waals surface area contributed by atoms with Crippen LogP contribution in [0, 0.1) is 11.7 Å². The van der Waals surface area contributed by atoms with Gasteiger partial charge in [0, 0.05) is 17.2 Å². The Hall–Kier alpha value is -3.22. The Labute approximate surface area is 155 Å². The monoisotopic (exact) mass is 370 g/mol. The van der Waals surface area contributed by atoms with Crippen LogP contribution in [0.2, 0.25) is 0 Å². The number of carbonyl (C=O) groups excluding carboxylic acids is 2. The molecule has 140 valence electrons. The van der Waals surface area contributed by atoms with E-state index >= 15 is 0 Å². The van der Waals surface area contributed by atoms with Gasteiger partial charge in [0.15, 0.2) is 0 Å². The summed E-state index contributed by atoms with van der Waals surface area (Å²) in [7, 11) is 0. The van der Waals surface area contributed by atoms with Crippen LogP contribution < -0.4 is 10.6 Å². The van der Waals surface area contributed by atoms with Crippen molar-refractivity contribution in [1.82, 2.24) is 5.32 Å². The van der Waals surface area contributed by atoms with Crippen molar-refractivity contribution in [1.29, 1.82) is 0 Å². The number of carbonyl (C=O) groups is 3. The van der Waals surface area contributed by atoms with E-state index in [0.29, 0.717) is 16.8 Å². The molecule has 0 bridgehead atoms. The largest absolute Gasteiger partial charge is 0.481 e. The third-order valence-corrected chi connectivity index (χ3v) is 4.32. The summed E-state index contributed by atoms with van der Waals surface area (Å²) in [4.78, 5) is 35.3. The highest BCUT2D eigenvalue weighted by Crippen LogP contribution is 2.30. The molecule has 1 saturated carbocycles. The van der Waals surface area contributed by atoms with E-state index in [4.69, 9.17) is 5.11 Å². The molecule has 0 saturated heterocycles. The van der Waals surface area contributed by atoms with Crippen molar-refractivity contribution in [3.8, 4) is 0 Å². The number of rotatable bonds is 7. The van der Waals surface area contributed by atoms with Gasteiger partial charge < -0.3 is 15.7 Å². The molecule has 1 atom stereocenters. The normalized spacial score (nSPS) is 14.3. The molecular formula is C20H19FN2O4. The Bertz CT molecular complexity index is 845. The van der Waals surface area contributed by atoms with Gasteiger partial charge >= 0.3 is 5.97 Å². The Morgan fingerprint density at radius 1 is 1.04 bits per heavy atom. The quantitative estimate of drug-likeness (QED) is 0.698. The summed E-state index contributed by atoms with van der Waals surface area (Å²) in [5.41, 5.74) is 1.43. The second-order valence-corrected chi connectivity index (χ2v) is 6.52. The smallest absolute Gasteiger partial charge is 0.305 e. The molecule has 7 heteroatoms. The zero-order valence-electron chi connectivity index (χ0n) is 14.4. The predicted molar refractivity (Wildman–Crippen MR) is 96.7 cm³/mol. The maximum atomic E-state index is 13.1. The van der Waals surface area contributed by atoms with E-state index in [9.17, 15) is 18.8 Å². The third kappa shape index (κ3) is 5.13. The maximum absolute atomic E-state index is 13.1. The van der Waals surface area contributed by atoms with Crippen molar-refractivity contribution in [2.45, 2.75) is 25.3 Å². The molecule has 1 aliphatic rings. The summed E-state index contributed by atoms with van der Waals surface area (Å²) < 4.78 is 13.1. The van der Waals surface area contributed by atoms with Crippen molar-refractivity contribution in [2.24, 2.45) is 5.92 Å². The van der Waals surface area contributed by atoms with Gasteiger partial charge in [-0.3, -0.25) is 14.4 Å². The van der Waals surface area contributed by atoms with E-state index in [-0.39, 0.29) is 18.2 Å². The molecule has 2 aromatic rings. The van der Waals surface area contributed by atoms with Crippen LogP contribution in [0.1, 0.15) is 41.2 Å². The van der Waals surface area contributed by atoms with E-state index in [1.54, 1.807) is 24.3 Å². The van der Waals surface area contributed by atoms with E-state index in [0.717, 1.165) is 12.8 Å². The second kappa shape index (κ2) is 7.99. The highest BCUT2D eigenvalue weighted by Gasteiger charge is 2.29. The Morgan fingerprint density at radius 3 is 2.22 bits per heavy atom. The van der Waals surface area contributed by atoms with Gasteiger partial charge in [0.05, 0.1) is 12.5 Å². The van der Waals surface area contributed by atoms with Crippen LogP contribution >= 0.6 is 0 Å². The number of hydrogen-bond donors (Lipinski definition) is 3.